The molecule has 1 aromatic carbocycles. The van der Waals surface area contributed by atoms with E-state index in [9.17, 15) is 10.1 Å². The van der Waals surface area contributed by atoms with Crippen molar-refractivity contribution in [3.05, 3.63) is 75.3 Å². The monoisotopic (exact) mass is 462 g/mol. The molecule has 3 rings (SSSR count). The molecule has 0 unspecified atom stereocenters. The number of pyridine rings is 1. The first kappa shape index (κ1) is 25.6. The number of hydrogen-bond donors (Lipinski definition) is 0. The summed E-state index contributed by atoms with van der Waals surface area (Å²) in [4.78, 5) is 16.3. The van der Waals surface area contributed by atoms with Gasteiger partial charge in [0.2, 0.25) is 0 Å². The van der Waals surface area contributed by atoms with Crippen LogP contribution >= 0.6 is 11.6 Å². The zero-order chi connectivity index (χ0) is 24.5. The number of ether oxygens (including phenoxy) is 1. The average Bonchev–Trinajstić information content (AvgIpc) is 3.12. The van der Waals surface area contributed by atoms with Crippen molar-refractivity contribution in [2.75, 3.05) is 6.61 Å². The molecule has 0 aliphatic rings. The van der Waals surface area contributed by atoms with Crippen molar-refractivity contribution < 1.29 is 9.53 Å². The number of halogens is 1. The highest BCUT2D eigenvalue weighted by Gasteiger charge is 2.21. The first-order valence-electron chi connectivity index (χ1n) is 10.9. The Morgan fingerprint density at radius 2 is 1.82 bits per heavy atom. The van der Waals surface area contributed by atoms with E-state index in [4.69, 9.17) is 21.6 Å². The summed E-state index contributed by atoms with van der Waals surface area (Å²) in [6.45, 7) is 10.4. The summed E-state index contributed by atoms with van der Waals surface area (Å²) in [5.74, 6) is -0.516. The highest BCUT2D eigenvalue weighted by molar-refractivity contribution is 6.32. The SMILES string of the molecule is CC.CCOC(=O)c1cc(Cn2c(C)c(-c3ccc(C#N)cc3)c(C#N)c2CC)cnc1Cl. The predicted molar refractivity (Wildman–Crippen MR) is 129 cm³/mol. The van der Waals surface area contributed by atoms with Gasteiger partial charge in [0.05, 0.1) is 29.4 Å². The first-order chi connectivity index (χ1) is 15.9. The first-order valence-corrected chi connectivity index (χ1v) is 11.3. The van der Waals surface area contributed by atoms with E-state index in [0.29, 0.717) is 24.1 Å². The third-order valence-electron chi connectivity index (χ3n) is 5.11. The molecule has 0 saturated carbocycles. The van der Waals surface area contributed by atoms with Crippen molar-refractivity contribution in [2.24, 2.45) is 0 Å². The Morgan fingerprint density at radius 1 is 1.15 bits per heavy atom. The van der Waals surface area contributed by atoms with Crippen LogP contribution in [0, 0.1) is 29.6 Å². The highest BCUT2D eigenvalue weighted by Crippen LogP contribution is 2.33. The third kappa shape index (κ3) is 5.42. The van der Waals surface area contributed by atoms with Gasteiger partial charge in [-0.3, -0.25) is 0 Å². The van der Waals surface area contributed by atoms with Crippen LogP contribution in [0.15, 0.2) is 36.5 Å². The second-order valence-electron chi connectivity index (χ2n) is 6.93. The van der Waals surface area contributed by atoms with Crippen LogP contribution in [-0.2, 0) is 17.7 Å². The lowest BCUT2D eigenvalue weighted by Gasteiger charge is -2.12. The quantitative estimate of drug-likeness (QED) is 0.327. The van der Waals surface area contributed by atoms with E-state index in [1.807, 2.05) is 39.8 Å². The van der Waals surface area contributed by atoms with Gasteiger partial charge in [0, 0.05) is 29.7 Å². The molecule has 0 fully saturated rings. The summed E-state index contributed by atoms with van der Waals surface area (Å²) in [6.07, 6.45) is 2.28. The number of carbonyl (C=O) groups excluding carboxylic acids is 1. The van der Waals surface area contributed by atoms with Crippen molar-refractivity contribution in [1.82, 2.24) is 9.55 Å². The van der Waals surface area contributed by atoms with Crippen molar-refractivity contribution >= 4 is 17.6 Å². The molecule has 2 heterocycles. The number of rotatable bonds is 6. The number of nitrogens with zero attached hydrogens (tertiary/aromatic N) is 4. The minimum Gasteiger partial charge on any atom is -0.462 e. The van der Waals surface area contributed by atoms with Crippen molar-refractivity contribution in [1.29, 1.82) is 10.5 Å². The van der Waals surface area contributed by atoms with Crippen molar-refractivity contribution in [3.8, 4) is 23.3 Å². The molecule has 170 valence electrons. The zero-order valence-corrected chi connectivity index (χ0v) is 20.3. The molecular weight excluding hydrogens is 436 g/mol. The van der Waals surface area contributed by atoms with Crippen molar-refractivity contribution in [2.45, 2.75) is 47.6 Å². The van der Waals surface area contributed by atoms with Gasteiger partial charge in [-0.25, -0.2) is 9.78 Å². The van der Waals surface area contributed by atoms with Gasteiger partial charge in [0.15, 0.2) is 0 Å². The summed E-state index contributed by atoms with van der Waals surface area (Å²) >= 11 is 6.09. The van der Waals surface area contributed by atoms with Crippen LogP contribution in [0.2, 0.25) is 5.15 Å². The normalized spacial score (nSPS) is 9.94. The molecule has 0 aliphatic heterocycles. The molecule has 0 aliphatic carbocycles. The lowest BCUT2D eigenvalue weighted by Crippen LogP contribution is -2.10. The van der Waals surface area contributed by atoms with E-state index in [0.717, 1.165) is 28.1 Å². The Hall–Kier alpha value is -3.61. The van der Waals surface area contributed by atoms with Gasteiger partial charge >= 0.3 is 5.97 Å². The molecule has 0 N–H and O–H groups in total. The number of carbonyl (C=O) groups is 1. The second-order valence-corrected chi connectivity index (χ2v) is 7.28. The summed E-state index contributed by atoms with van der Waals surface area (Å²) in [5.41, 5.74) is 5.70. The number of aromatic nitrogens is 2. The molecule has 2 aromatic heterocycles. The predicted octanol–water partition coefficient (Wildman–Crippen LogP) is 6.07. The maximum Gasteiger partial charge on any atom is 0.341 e. The Kier molecular flexibility index (Phi) is 9.21. The van der Waals surface area contributed by atoms with Crippen LogP contribution in [0.25, 0.3) is 11.1 Å². The zero-order valence-electron chi connectivity index (χ0n) is 19.6. The van der Waals surface area contributed by atoms with Gasteiger partial charge in [-0.05, 0) is 49.6 Å². The number of hydrogen-bond acceptors (Lipinski definition) is 5. The molecule has 0 radical (unpaired) electrons. The molecule has 0 saturated heterocycles. The van der Waals surface area contributed by atoms with E-state index in [1.165, 1.54) is 0 Å². The largest absolute Gasteiger partial charge is 0.462 e. The number of nitriles is 2. The molecule has 6 nitrogen and oxygen atoms in total. The highest BCUT2D eigenvalue weighted by atomic mass is 35.5. The topological polar surface area (TPSA) is 91.7 Å². The molecule has 0 amide bonds. The maximum absolute atomic E-state index is 12.2. The van der Waals surface area contributed by atoms with Gasteiger partial charge in [-0.1, -0.05) is 44.5 Å². The van der Waals surface area contributed by atoms with Crippen LogP contribution in [0.3, 0.4) is 0 Å². The minimum atomic E-state index is -0.516. The van der Waals surface area contributed by atoms with Gasteiger partial charge in [0.25, 0.3) is 0 Å². The maximum atomic E-state index is 12.2. The molecule has 3 aromatic rings. The Labute approximate surface area is 200 Å². The third-order valence-corrected chi connectivity index (χ3v) is 5.41. The number of benzene rings is 1. The van der Waals surface area contributed by atoms with Crippen molar-refractivity contribution in [3.63, 3.8) is 0 Å². The lowest BCUT2D eigenvalue weighted by atomic mass is 9.99. The Morgan fingerprint density at radius 3 is 2.36 bits per heavy atom. The summed E-state index contributed by atoms with van der Waals surface area (Å²) in [5, 5.41) is 19.1. The van der Waals surface area contributed by atoms with E-state index in [2.05, 4.69) is 21.7 Å². The van der Waals surface area contributed by atoms with Crippen LogP contribution in [-0.4, -0.2) is 22.1 Å². The Balaban J connectivity index is 0.00000187. The fraction of sp³-hybridized carbons (Fsp3) is 0.308. The van der Waals surface area contributed by atoms with Gasteiger partial charge < -0.3 is 9.30 Å². The fourth-order valence-electron chi connectivity index (χ4n) is 3.68. The number of esters is 1. The molecule has 33 heavy (non-hydrogen) atoms. The van der Waals surface area contributed by atoms with E-state index >= 15 is 0 Å². The molecular formula is C26H27ClN4O2. The minimum absolute atomic E-state index is 0.0955. The standard InChI is InChI=1S/C24H21ClN4O2.C2H6/c1-4-21-20(12-27)22(18-8-6-16(11-26)7-9-18)15(3)29(21)14-17-10-19(23(25)28-13-17)24(30)31-5-2;1-2/h6-10,13H,4-5,14H2,1-3H3;1-2H3. The average molecular weight is 463 g/mol. The van der Waals surface area contributed by atoms with Crippen LogP contribution in [0.5, 0.6) is 0 Å². The smallest absolute Gasteiger partial charge is 0.341 e. The lowest BCUT2D eigenvalue weighted by molar-refractivity contribution is 0.0526. The van der Waals surface area contributed by atoms with Crippen LogP contribution in [0.1, 0.15) is 66.1 Å². The second kappa shape index (κ2) is 11.9. The van der Waals surface area contributed by atoms with Gasteiger partial charge in [-0.15, -0.1) is 0 Å². The Bertz CT molecular complexity index is 1220. The summed E-state index contributed by atoms with van der Waals surface area (Å²) in [7, 11) is 0. The summed E-state index contributed by atoms with van der Waals surface area (Å²) < 4.78 is 7.13. The van der Waals surface area contributed by atoms with Crippen LogP contribution in [0.4, 0.5) is 0 Å². The van der Waals surface area contributed by atoms with Gasteiger partial charge in [0.1, 0.15) is 11.2 Å². The fourth-order valence-corrected chi connectivity index (χ4v) is 3.86. The summed E-state index contributed by atoms with van der Waals surface area (Å²) in [6, 6.07) is 13.3. The molecule has 0 bridgehead atoms. The van der Waals surface area contributed by atoms with Gasteiger partial charge in [-0.2, -0.15) is 10.5 Å². The van der Waals surface area contributed by atoms with E-state index in [1.54, 1.807) is 31.3 Å². The van der Waals surface area contributed by atoms with E-state index in [-0.39, 0.29) is 17.3 Å². The molecule has 7 heteroatoms. The van der Waals surface area contributed by atoms with Crippen LogP contribution < -0.4 is 0 Å². The molecule has 0 atom stereocenters. The molecule has 0 spiro atoms. The van der Waals surface area contributed by atoms with E-state index < -0.39 is 5.97 Å².